The summed E-state index contributed by atoms with van der Waals surface area (Å²) in [7, 11) is 1.51. The van der Waals surface area contributed by atoms with Crippen molar-refractivity contribution in [3.63, 3.8) is 0 Å². The third-order valence-electron chi connectivity index (χ3n) is 4.26. The predicted molar refractivity (Wildman–Crippen MR) is 74.3 cm³/mol. The molecule has 2 aliphatic rings. The number of rotatable bonds is 3. The molecule has 104 valence electrons. The molecule has 4 heteroatoms. The highest BCUT2D eigenvalue weighted by molar-refractivity contribution is 5.52. The molecule has 3 rings (SSSR count). The average Bonchev–Trinajstić information content (AvgIpc) is 3.24. The molecular weight excluding hydrogens is 243 g/mol. The van der Waals surface area contributed by atoms with Gasteiger partial charge in [0.25, 0.3) is 0 Å². The zero-order chi connectivity index (χ0) is 13.4. The standard InChI is InChI=1S/C15H21FN2O/c1-10-8-17-14(11-3-4-11)9-18(10)12-5-6-13(16)15(7-12)19-2/h5-7,10-11,14,17H,3-4,8-9H2,1-2H3. The number of methoxy groups -OCH3 is 1. The molecule has 1 aromatic carbocycles. The molecule has 0 radical (unpaired) electrons. The Hall–Kier alpha value is -1.29. The van der Waals surface area contributed by atoms with Gasteiger partial charge in [0.15, 0.2) is 11.6 Å². The van der Waals surface area contributed by atoms with Crippen LogP contribution in [-0.4, -0.2) is 32.3 Å². The number of anilines is 1. The molecular formula is C15H21FN2O. The van der Waals surface area contributed by atoms with Crippen LogP contribution in [0.1, 0.15) is 19.8 Å². The third-order valence-corrected chi connectivity index (χ3v) is 4.26. The minimum Gasteiger partial charge on any atom is -0.494 e. The molecule has 2 fully saturated rings. The molecule has 2 atom stereocenters. The molecule has 0 spiro atoms. The second-order valence-corrected chi connectivity index (χ2v) is 5.67. The Bertz CT molecular complexity index is 461. The third kappa shape index (κ3) is 2.54. The van der Waals surface area contributed by atoms with Crippen LogP contribution in [0.25, 0.3) is 0 Å². The monoisotopic (exact) mass is 264 g/mol. The van der Waals surface area contributed by atoms with Gasteiger partial charge >= 0.3 is 0 Å². The Balaban J connectivity index is 1.82. The fraction of sp³-hybridized carbons (Fsp3) is 0.600. The molecule has 1 aromatic rings. The lowest BCUT2D eigenvalue weighted by Gasteiger charge is -2.40. The number of ether oxygens (including phenoxy) is 1. The number of piperazine rings is 1. The van der Waals surface area contributed by atoms with Gasteiger partial charge in [0, 0.05) is 36.9 Å². The van der Waals surface area contributed by atoms with E-state index in [1.54, 1.807) is 6.07 Å². The number of nitrogens with one attached hydrogen (secondary N) is 1. The number of hydrogen-bond donors (Lipinski definition) is 1. The smallest absolute Gasteiger partial charge is 0.165 e. The minimum atomic E-state index is -0.298. The highest BCUT2D eigenvalue weighted by Crippen LogP contribution is 2.35. The molecule has 0 bridgehead atoms. The maximum atomic E-state index is 13.5. The van der Waals surface area contributed by atoms with Gasteiger partial charge in [-0.2, -0.15) is 0 Å². The Morgan fingerprint density at radius 1 is 1.37 bits per heavy atom. The first-order chi connectivity index (χ1) is 9.19. The summed E-state index contributed by atoms with van der Waals surface area (Å²) < 4.78 is 18.6. The van der Waals surface area contributed by atoms with Gasteiger partial charge < -0.3 is 15.0 Å². The first-order valence-corrected chi connectivity index (χ1v) is 7.02. The van der Waals surface area contributed by atoms with Crippen molar-refractivity contribution in [2.24, 2.45) is 5.92 Å². The molecule has 19 heavy (non-hydrogen) atoms. The maximum Gasteiger partial charge on any atom is 0.165 e. The van der Waals surface area contributed by atoms with E-state index in [0.717, 1.165) is 24.7 Å². The Morgan fingerprint density at radius 2 is 2.16 bits per heavy atom. The van der Waals surface area contributed by atoms with Crippen LogP contribution in [-0.2, 0) is 0 Å². The van der Waals surface area contributed by atoms with E-state index in [0.29, 0.717) is 17.8 Å². The van der Waals surface area contributed by atoms with Gasteiger partial charge in [-0.05, 0) is 37.8 Å². The summed E-state index contributed by atoms with van der Waals surface area (Å²) in [6, 6.07) is 6.15. The van der Waals surface area contributed by atoms with E-state index < -0.39 is 0 Å². The van der Waals surface area contributed by atoms with Crippen LogP contribution < -0.4 is 15.0 Å². The van der Waals surface area contributed by atoms with Crippen LogP contribution in [0.3, 0.4) is 0 Å². The summed E-state index contributed by atoms with van der Waals surface area (Å²) in [4.78, 5) is 2.36. The largest absolute Gasteiger partial charge is 0.494 e. The van der Waals surface area contributed by atoms with E-state index in [4.69, 9.17) is 4.74 Å². The van der Waals surface area contributed by atoms with Gasteiger partial charge in [0.05, 0.1) is 7.11 Å². The van der Waals surface area contributed by atoms with E-state index in [9.17, 15) is 4.39 Å². The van der Waals surface area contributed by atoms with E-state index in [-0.39, 0.29) is 5.82 Å². The van der Waals surface area contributed by atoms with E-state index >= 15 is 0 Å². The van der Waals surface area contributed by atoms with Gasteiger partial charge in [0.2, 0.25) is 0 Å². The molecule has 0 amide bonds. The molecule has 0 aromatic heterocycles. The molecule has 1 saturated carbocycles. The summed E-state index contributed by atoms with van der Waals surface area (Å²) in [6.07, 6.45) is 2.68. The maximum absolute atomic E-state index is 13.5. The minimum absolute atomic E-state index is 0.298. The molecule has 2 unspecified atom stereocenters. The van der Waals surface area contributed by atoms with E-state index in [1.807, 2.05) is 6.07 Å². The van der Waals surface area contributed by atoms with Gasteiger partial charge in [-0.15, -0.1) is 0 Å². The molecule has 1 aliphatic heterocycles. The SMILES string of the molecule is COc1cc(N2CC(C3CC3)NCC2C)ccc1F. The lowest BCUT2D eigenvalue weighted by Crippen LogP contribution is -2.56. The lowest BCUT2D eigenvalue weighted by atomic mass is 10.1. The van der Waals surface area contributed by atoms with Gasteiger partial charge in [-0.1, -0.05) is 0 Å². The van der Waals surface area contributed by atoms with Crippen molar-refractivity contribution in [1.82, 2.24) is 5.32 Å². The summed E-state index contributed by atoms with van der Waals surface area (Å²) in [5, 5.41) is 3.62. The highest BCUT2D eigenvalue weighted by atomic mass is 19.1. The molecule has 1 saturated heterocycles. The van der Waals surface area contributed by atoms with Crippen molar-refractivity contribution < 1.29 is 9.13 Å². The topological polar surface area (TPSA) is 24.5 Å². The van der Waals surface area contributed by atoms with Crippen LogP contribution in [0.15, 0.2) is 18.2 Å². The zero-order valence-corrected chi connectivity index (χ0v) is 11.5. The van der Waals surface area contributed by atoms with Gasteiger partial charge in [-0.3, -0.25) is 0 Å². The number of nitrogens with zero attached hydrogens (tertiary/aromatic N) is 1. The highest BCUT2D eigenvalue weighted by Gasteiger charge is 2.36. The normalized spacial score (nSPS) is 27.4. The average molecular weight is 264 g/mol. The Labute approximate surface area is 113 Å². The number of halogens is 1. The molecule has 3 nitrogen and oxygen atoms in total. The Morgan fingerprint density at radius 3 is 2.84 bits per heavy atom. The summed E-state index contributed by atoms with van der Waals surface area (Å²) in [5.74, 6) is 0.858. The van der Waals surface area contributed by atoms with Crippen molar-refractivity contribution in [1.29, 1.82) is 0 Å². The van der Waals surface area contributed by atoms with Gasteiger partial charge in [-0.25, -0.2) is 4.39 Å². The second kappa shape index (κ2) is 5.00. The van der Waals surface area contributed by atoms with Crippen molar-refractivity contribution in [2.45, 2.75) is 31.8 Å². The van der Waals surface area contributed by atoms with Crippen LogP contribution >= 0.6 is 0 Å². The van der Waals surface area contributed by atoms with Crippen molar-refractivity contribution in [3.05, 3.63) is 24.0 Å². The summed E-state index contributed by atoms with van der Waals surface area (Å²) >= 11 is 0. The summed E-state index contributed by atoms with van der Waals surface area (Å²) in [6.45, 7) is 4.19. The van der Waals surface area contributed by atoms with Crippen molar-refractivity contribution in [3.8, 4) is 5.75 Å². The molecule has 1 N–H and O–H groups in total. The molecule has 1 aliphatic carbocycles. The zero-order valence-electron chi connectivity index (χ0n) is 11.5. The number of hydrogen-bond acceptors (Lipinski definition) is 3. The van der Waals surface area contributed by atoms with Crippen LogP contribution in [0.4, 0.5) is 10.1 Å². The van der Waals surface area contributed by atoms with E-state index in [1.165, 1.54) is 26.0 Å². The van der Waals surface area contributed by atoms with Crippen LogP contribution in [0.2, 0.25) is 0 Å². The van der Waals surface area contributed by atoms with Crippen molar-refractivity contribution >= 4 is 5.69 Å². The van der Waals surface area contributed by atoms with Crippen molar-refractivity contribution in [2.75, 3.05) is 25.1 Å². The first kappa shape index (κ1) is 12.7. The fourth-order valence-corrected chi connectivity index (χ4v) is 2.89. The van der Waals surface area contributed by atoms with Gasteiger partial charge in [0.1, 0.15) is 0 Å². The Kier molecular flexibility index (Phi) is 3.35. The summed E-state index contributed by atoms with van der Waals surface area (Å²) in [5.41, 5.74) is 1.05. The van der Waals surface area contributed by atoms with E-state index in [2.05, 4.69) is 17.1 Å². The molecule has 1 heterocycles. The fourth-order valence-electron chi connectivity index (χ4n) is 2.89. The lowest BCUT2D eigenvalue weighted by molar-refractivity contribution is 0.372. The second-order valence-electron chi connectivity index (χ2n) is 5.67. The van der Waals surface area contributed by atoms with Crippen LogP contribution in [0, 0.1) is 11.7 Å². The number of benzene rings is 1. The quantitative estimate of drug-likeness (QED) is 0.907. The first-order valence-electron chi connectivity index (χ1n) is 7.02. The van der Waals surface area contributed by atoms with Crippen LogP contribution in [0.5, 0.6) is 5.75 Å². The predicted octanol–water partition coefficient (Wildman–Crippen LogP) is 2.41.